The minimum Gasteiger partial charge on any atom is -0.488 e. The fraction of sp³-hybridized carbons (Fsp3) is 0.600. The highest BCUT2D eigenvalue weighted by Crippen LogP contribution is 2.22. The summed E-state index contributed by atoms with van der Waals surface area (Å²) in [4.78, 5) is 0. The number of ether oxygens (including phenoxy) is 2. The van der Waals surface area contributed by atoms with Crippen molar-refractivity contribution in [2.75, 3.05) is 13.2 Å². The van der Waals surface area contributed by atoms with Gasteiger partial charge in [-0.05, 0) is 25.0 Å². The molecule has 1 aromatic carbocycles. The lowest BCUT2D eigenvalue weighted by Gasteiger charge is -2.16. The molecule has 1 aliphatic rings. The van der Waals surface area contributed by atoms with E-state index in [4.69, 9.17) is 9.47 Å². The lowest BCUT2D eigenvalue weighted by Crippen LogP contribution is -2.32. The Morgan fingerprint density at radius 1 is 1.30 bits per heavy atom. The molecule has 3 nitrogen and oxygen atoms in total. The summed E-state index contributed by atoms with van der Waals surface area (Å²) in [6.45, 7) is 5.29. The molecule has 0 saturated carbocycles. The van der Waals surface area contributed by atoms with E-state index >= 15 is 0 Å². The van der Waals surface area contributed by atoms with Crippen molar-refractivity contribution in [1.82, 2.24) is 5.32 Å². The first-order valence-corrected chi connectivity index (χ1v) is 7.01. The molecule has 2 unspecified atom stereocenters. The molecule has 1 saturated heterocycles. The number of halogens is 2. The van der Waals surface area contributed by atoms with E-state index in [0.717, 1.165) is 25.5 Å². The first-order valence-electron chi connectivity index (χ1n) is 7.01. The maximum Gasteiger partial charge on any atom is 0.167 e. The summed E-state index contributed by atoms with van der Waals surface area (Å²) in [5.74, 6) is -1.22. The predicted octanol–water partition coefficient (Wildman–Crippen LogP) is 2.89. The molecule has 0 radical (unpaired) electrons. The van der Waals surface area contributed by atoms with Crippen molar-refractivity contribution in [2.24, 2.45) is 0 Å². The summed E-state index contributed by atoms with van der Waals surface area (Å²) in [5.41, 5.74) is 0. The Labute approximate surface area is 118 Å². The van der Waals surface area contributed by atoms with Gasteiger partial charge in [0.05, 0.1) is 12.2 Å². The monoisotopic (exact) mass is 285 g/mol. The average molecular weight is 285 g/mol. The third-order valence-electron chi connectivity index (χ3n) is 3.27. The van der Waals surface area contributed by atoms with Crippen LogP contribution in [0.25, 0.3) is 0 Å². The van der Waals surface area contributed by atoms with Crippen LogP contribution in [0, 0.1) is 11.6 Å². The van der Waals surface area contributed by atoms with Crippen LogP contribution < -0.4 is 10.1 Å². The van der Waals surface area contributed by atoms with Crippen LogP contribution >= 0.6 is 0 Å². The molecule has 1 aliphatic heterocycles. The van der Waals surface area contributed by atoms with E-state index in [1.807, 2.05) is 0 Å². The van der Waals surface area contributed by atoms with Crippen LogP contribution in [0.3, 0.4) is 0 Å². The molecule has 0 aliphatic carbocycles. The Morgan fingerprint density at radius 3 is 2.75 bits per heavy atom. The molecule has 1 N–H and O–H groups in total. The predicted molar refractivity (Wildman–Crippen MR) is 72.9 cm³/mol. The van der Waals surface area contributed by atoms with Gasteiger partial charge in [-0.3, -0.25) is 0 Å². The van der Waals surface area contributed by atoms with Crippen LogP contribution in [-0.4, -0.2) is 31.4 Å². The van der Waals surface area contributed by atoms with Crippen molar-refractivity contribution in [1.29, 1.82) is 0 Å². The first-order chi connectivity index (χ1) is 9.54. The summed E-state index contributed by atoms with van der Waals surface area (Å²) in [7, 11) is 0. The summed E-state index contributed by atoms with van der Waals surface area (Å²) in [5, 5.41) is 3.33. The van der Waals surface area contributed by atoms with Crippen molar-refractivity contribution in [3.05, 3.63) is 29.8 Å². The highest BCUT2D eigenvalue weighted by atomic mass is 19.1. The van der Waals surface area contributed by atoms with Crippen LogP contribution in [0.5, 0.6) is 5.75 Å². The Bertz CT molecular complexity index is 440. The van der Waals surface area contributed by atoms with E-state index in [0.29, 0.717) is 12.6 Å². The van der Waals surface area contributed by atoms with E-state index in [1.54, 1.807) is 0 Å². The van der Waals surface area contributed by atoms with E-state index in [-0.39, 0.29) is 18.0 Å². The van der Waals surface area contributed by atoms with Crippen LogP contribution in [0.1, 0.15) is 26.7 Å². The number of hydrogen-bond donors (Lipinski definition) is 1. The Kier molecular flexibility index (Phi) is 5.31. The topological polar surface area (TPSA) is 30.5 Å². The van der Waals surface area contributed by atoms with Gasteiger partial charge in [0, 0.05) is 18.7 Å². The quantitative estimate of drug-likeness (QED) is 0.872. The van der Waals surface area contributed by atoms with Gasteiger partial charge in [-0.1, -0.05) is 13.8 Å². The molecule has 1 fully saturated rings. The highest BCUT2D eigenvalue weighted by molar-refractivity contribution is 5.24. The van der Waals surface area contributed by atoms with Crippen LogP contribution in [0.15, 0.2) is 18.2 Å². The first kappa shape index (κ1) is 15.2. The largest absolute Gasteiger partial charge is 0.488 e. The van der Waals surface area contributed by atoms with Crippen LogP contribution in [0.2, 0.25) is 0 Å². The van der Waals surface area contributed by atoms with Crippen LogP contribution in [-0.2, 0) is 4.74 Å². The Morgan fingerprint density at radius 2 is 2.05 bits per heavy atom. The molecule has 5 heteroatoms. The fourth-order valence-electron chi connectivity index (χ4n) is 2.19. The average Bonchev–Trinajstić information content (AvgIpc) is 2.83. The Hall–Kier alpha value is -1.20. The van der Waals surface area contributed by atoms with E-state index in [1.165, 1.54) is 12.1 Å². The van der Waals surface area contributed by atoms with E-state index in [2.05, 4.69) is 19.2 Å². The van der Waals surface area contributed by atoms with E-state index < -0.39 is 11.6 Å². The molecule has 112 valence electrons. The molecular weight excluding hydrogens is 264 g/mol. The molecule has 0 amide bonds. The second-order valence-electron chi connectivity index (χ2n) is 5.41. The molecule has 20 heavy (non-hydrogen) atoms. The standard InChI is InChI=1S/C15H21F2NO2/c1-10(2)18-8-12-4-5-13(20-12)9-19-15-6-3-11(16)7-14(15)17/h3,6-7,10,12-13,18H,4-5,8-9H2,1-2H3. The second-order valence-corrected chi connectivity index (χ2v) is 5.41. The van der Waals surface area contributed by atoms with Gasteiger partial charge in [0.25, 0.3) is 0 Å². The normalized spacial score (nSPS) is 22.4. The van der Waals surface area contributed by atoms with Crippen molar-refractivity contribution in [2.45, 2.75) is 44.9 Å². The van der Waals surface area contributed by atoms with Gasteiger partial charge in [0.1, 0.15) is 12.4 Å². The van der Waals surface area contributed by atoms with Crippen molar-refractivity contribution in [3.8, 4) is 5.75 Å². The molecule has 1 aromatic rings. The van der Waals surface area contributed by atoms with Crippen molar-refractivity contribution >= 4 is 0 Å². The number of nitrogens with one attached hydrogen (secondary N) is 1. The minimum absolute atomic E-state index is 0.0292. The summed E-state index contributed by atoms with van der Waals surface area (Å²) < 4.78 is 37.3. The Balaban J connectivity index is 1.75. The summed E-state index contributed by atoms with van der Waals surface area (Å²) >= 11 is 0. The third kappa shape index (κ3) is 4.42. The fourth-order valence-corrected chi connectivity index (χ4v) is 2.19. The maximum atomic E-state index is 13.4. The zero-order valence-electron chi connectivity index (χ0n) is 11.9. The second kappa shape index (κ2) is 6.99. The zero-order valence-corrected chi connectivity index (χ0v) is 11.9. The molecule has 2 atom stereocenters. The van der Waals surface area contributed by atoms with Crippen LogP contribution in [0.4, 0.5) is 8.78 Å². The molecule has 0 aromatic heterocycles. The van der Waals surface area contributed by atoms with Gasteiger partial charge in [-0.25, -0.2) is 8.78 Å². The lowest BCUT2D eigenvalue weighted by atomic mass is 10.2. The van der Waals surface area contributed by atoms with Gasteiger partial charge in [-0.15, -0.1) is 0 Å². The van der Waals surface area contributed by atoms with Crippen molar-refractivity contribution < 1.29 is 18.3 Å². The molecule has 0 bridgehead atoms. The lowest BCUT2D eigenvalue weighted by molar-refractivity contribution is 0.0171. The van der Waals surface area contributed by atoms with Gasteiger partial charge < -0.3 is 14.8 Å². The minimum atomic E-state index is -0.680. The zero-order chi connectivity index (χ0) is 14.5. The molecular formula is C15H21F2NO2. The highest BCUT2D eigenvalue weighted by Gasteiger charge is 2.25. The SMILES string of the molecule is CC(C)NCC1CCC(COc2ccc(F)cc2F)O1. The van der Waals surface area contributed by atoms with Crippen molar-refractivity contribution in [3.63, 3.8) is 0 Å². The number of rotatable bonds is 6. The van der Waals surface area contributed by atoms with Gasteiger partial charge in [0.2, 0.25) is 0 Å². The molecule has 2 rings (SSSR count). The van der Waals surface area contributed by atoms with Gasteiger partial charge in [-0.2, -0.15) is 0 Å². The maximum absolute atomic E-state index is 13.4. The third-order valence-corrected chi connectivity index (χ3v) is 3.27. The summed E-state index contributed by atoms with van der Waals surface area (Å²) in [6.07, 6.45) is 2.02. The molecule has 1 heterocycles. The van der Waals surface area contributed by atoms with Gasteiger partial charge in [0.15, 0.2) is 11.6 Å². The van der Waals surface area contributed by atoms with E-state index in [9.17, 15) is 8.78 Å². The van der Waals surface area contributed by atoms with Gasteiger partial charge >= 0.3 is 0 Å². The molecule has 0 spiro atoms. The number of hydrogen-bond acceptors (Lipinski definition) is 3. The summed E-state index contributed by atoms with van der Waals surface area (Å²) in [6, 6.07) is 3.74. The number of benzene rings is 1. The smallest absolute Gasteiger partial charge is 0.167 e.